The SMILES string of the molecule is C[C@]1(NC(=O)c2cccc(=O)[nH]2)CC2(CCN(c3ncccn3)CC2)OC[C@@H]1O. The van der Waals surface area contributed by atoms with E-state index in [9.17, 15) is 14.7 Å². The molecule has 2 aliphatic rings. The number of aromatic amines is 1. The first-order chi connectivity index (χ1) is 13.9. The highest BCUT2D eigenvalue weighted by Gasteiger charge is 2.50. The number of amides is 1. The molecule has 2 aromatic rings. The molecule has 0 unspecified atom stereocenters. The van der Waals surface area contributed by atoms with Gasteiger partial charge in [-0.25, -0.2) is 9.97 Å². The topological polar surface area (TPSA) is 120 Å². The van der Waals surface area contributed by atoms with Crippen molar-refractivity contribution >= 4 is 11.9 Å². The average Bonchev–Trinajstić information content (AvgIpc) is 2.72. The number of ether oxygens (including phenoxy) is 1. The maximum Gasteiger partial charge on any atom is 0.268 e. The van der Waals surface area contributed by atoms with Crippen molar-refractivity contribution in [2.45, 2.75) is 43.4 Å². The molecule has 29 heavy (non-hydrogen) atoms. The smallest absolute Gasteiger partial charge is 0.268 e. The van der Waals surface area contributed by atoms with Crippen LogP contribution < -0.4 is 15.8 Å². The van der Waals surface area contributed by atoms with Gasteiger partial charge in [-0.1, -0.05) is 6.07 Å². The molecule has 2 fully saturated rings. The molecule has 9 nitrogen and oxygen atoms in total. The molecule has 2 saturated heterocycles. The van der Waals surface area contributed by atoms with Gasteiger partial charge >= 0.3 is 0 Å². The Morgan fingerprint density at radius 1 is 1.28 bits per heavy atom. The Bertz CT molecular complexity index is 926. The molecule has 3 N–H and O–H groups in total. The third-order valence-corrected chi connectivity index (χ3v) is 5.89. The van der Waals surface area contributed by atoms with Gasteiger partial charge in [-0.15, -0.1) is 0 Å². The Balaban J connectivity index is 1.46. The van der Waals surface area contributed by atoms with E-state index in [1.807, 2.05) is 6.92 Å². The second-order valence-corrected chi connectivity index (χ2v) is 8.02. The predicted molar refractivity (Wildman–Crippen MR) is 106 cm³/mol. The van der Waals surface area contributed by atoms with Crippen molar-refractivity contribution in [2.24, 2.45) is 0 Å². The van der Waals surface area contributed by atoms with Crippen molar-refractivity contribution in [3.05, 3.63) is 52.7 Å². The molecule has 0 radical (unpaired) electrons. The van der Waals surface area contributed by atoms with Gasteiger partial charge < -0.3 is 25.0 Å². The molecule has 0 bridgehead atoms. The van der Waals surface area contributed by atoms with Crippen molar-refractivity contribution in [3.63, 3.8) is 0 Å². The quantitative estimate of drug-likeness (QED) is 0.686. The summed E-state index contributed by atoms with van der Waals surface area (Å²) >= 11 is 0. The largest absolute Gasteiger partial charge is 0.388 e. The summed E-state index contributed by atoms with van der Waals surface area (Å²) in [6.07, 6.45) is 4.56. The minimum absolute atomic E-state index is 0.143. The second kappa shape index (κ2) is 7.57. The summed E-state index contributed by atoms with van der Waals surface area (Å²) in [6, 6.07) is 6.20. The van der Waals surface area contributed by atoms with E-state index in [-0.39, 0.29) is 17.9 Å². The number of aliphatic hydroxyl groups is 1. The summed E-state index contributed by atoms with van der Waals surface area (Å²) in [7, 11) is 0. The number of hydrogen-bond donors (Lipinski definition) is 3. The number of pyridine rings is 1. The van der Waals surface area contributed by atoms with E-state index < -0.39 is 23.2 Å². The Labute approximate surface area is 168 Å². The number of hydrogen-bond acceptors (Lipinski definition) is 7. The summed E-state index contributed by atoms with van der Waals surface area (Å²) < 4.78 is 6.08. The first-order valence-electron chi connectivity index (χ1n) is 9.75. The lowest BCUT2D eigenvalue weighted by Gasteiger charge is -2.51. The second-order valence-electron chi connectivity index (χ2n) is 8.02. The van der Waals surface area contributed by atoms with E-state index in [0.717, 1.165) is 25.9 Å². The van der Waals surface area contributed by atoms with Gasteiger partial charge in [-0.05, 0) is 31.9 Å². The minimum atomic E-state index is -0.868. The number of aromatic nitrogens is 3. The van der Waals surface area contributed by atoms with Crippen molar-refractivity contribution in [3.8, 4) is 0 Å². The van der Waals surface area contributed by atoms with Crippen LogP contribution in [-0.2, 0) is 4.74 Å². The zero-order chi connectivity index (χ0) is 20.5. The molecule has 0 aromatic carbocycles. The lowest BCUT2D eigenvalue weighted by Crippen LogP contribution is -2.65. The highest BCUT2D eigenvalue weighted by molar-refractivity contribution is 5.92. The van der Waals surface area contributed by atoms with Crippen LogP contribution in [0.5, 0.6) is 0 Å². The predicted octanol–water partition coefficient (Wildman–Crippen LogP) is 0.474. The van der Waals surface area contributed by atoms with Crippen molar-refractivity contribution < 1.29 is 14.6 Å². The average molecular weight is 399 g/mol. The molecule has 2 aliphatic heterocycles. The molecular weight excluding hydrogens is 374 g/mol. The van der Waals surface area contributed by atoms with Gasteiger partial charge in [-0.3, -0.25) is 9.59 Å². The Hall–Kier alpha value is -2.78. The third-order valence-electron chi connectivity index (χ3n) is 5.89. The number of aliphatic hydroxyl groups excluding tert-OH is 1. The monoisotopic (exact) mass is 399 g/mol. The minimum Gasteiger partial charge on any atom is -0.388 e. The first kappa shape index (κ1) is 19.5. The van der Waals surface area contributed by atoms with Crippen LogP contribution in [0.2, 0.25) is 0 Å². The van der Waals surface area contributed by atoms with E-state index >= 15 is 0 Å². The number of piperidine rings is 1. The van der Waals surface area contributed by atoms with Crippen LogP contribution in [0.1, 0.15) is 36.7 Å². The van der Waals surface area contributed by atoms with Gasteiger partial charge in [0.05, 0.1) is 17.7 Å². The van der Waals surface area contributed by atoms with E-state index in [4.69, 9.17) is 4.74 Å². The molecule has 154 valence electrons. The molecule has 0 saturated carbocycles. The van der Waals surface area contributed by atoms with Gasteiger partial charge in [0.15, 0.2) is 0 Å². The van der Waals surface area contributed by atoms with Crippen LogP contribution in [0.15, 0.2) is 41.5 Å². The Morgan fingerprint density at radius 2 is 2.00 bits per heavy atom. The van der Waals surface area contributed by atoms with Crippen LogP contribution in [0.3, 0.4) is 0 Å². The van der Waals surface area contributed by atoms with Gasteiger partial charge in [-0.2, -0.15) is 0 Å². The van der Waals surface area contributed by atoms with Crippen LogP contribution in [0, 0.1) is 0 Å². The van der Waals surface area contributed by atoms with Gasteiger partial charge in [0.25, 0.3) is 5.91 Å². The lowest BCUT2D eigenvalue weighted by molar-refractivity contribution is -0.167. The summed E-state index contributed by atoms with van der Waals surface area (Å²) in [5.41, 5.74) is -1.48. The summed E-state index contributed by atoms with van der Waals surface area (Å²) in [5.74, 6) is 0.277. The van der Waals surface area contributed by atoms with E-state index in [1.54, 1.807) is 24.5 Å². The maximum absolute atomic E-state index is 12.7. The molecule has 1 spiro atoms. The summed E-state index contributed by atoms with van der Waals surface area (Å²) in [6.45, 7) is 3.43. The number of carbonyl (C=O) groups excluding carboxylic acids is 1. The highest BCUT2D eigenvalue weighted by Crippen LogP contribution is 2.40. The van der Waals surface area contributed by atoms with Gasteiger partial charge in [0, 0.05) is 38.0 Å². The Kier molecular flexibility index (Phi) is 5.10. The normalized spacial score (nSPS) is 26.3. The highest BCUT2D eigenvalue weighted by atomic mass is 16.5. The molecule has 2 aromatic heterocycles. The van der Waals surface area contributed by atoms with Crippen molar-refractivity contribution in [1.29, 1.82) is 0 Å². The van der Waals surface area contributed by atoms with E-state index in [0.29, 0.717) is 12.4 Å². The number of anilines is 1. The fourth-order valence-electron chi connectivity index (χ4n) is 4.20. The maximum atomic E-state index is 12.7. The number of nitrogens with one attached hydrogen (secondary N) is 2. The van der Waals surface area contributed by atoms with Crippen LogP contribution in [0.4, 0.5) is 5.95 Å². The van der Waals surface area contributed by atoms with E-state index in [2.05, 4.69) is 25.2 Å². The third kappa shape index (κ3) is 4.01. The zero-order valence-corrected chi connectivity index (χ0v) is 16.3. The molecule has 4 heterocycles. The van der Waals surface area contributed by atoms with Crippen LogP contribution in [0.25, 0.3) is 0 Å². The zero-order valence-electron chi connectivity index (χ0n) is 16.3. The Morgan fingerprint density at radius 3 is 2.69 bits per heavy atom. The first-order valence-corrected chi connectivity index (χ1v) is 9.75. The molecule has 9 heteroatoms. The fraction of sp³-hybridized carbons (Fsp3) is 0.500. The summed E-state index contributed by atoms with van der Waals surface area (Å²) in [4.78, 5) is 37.4. The van der Waals surface area contributed by atoms with Gasteiger partial charge in [0.2, 0.25) is 11.5 Å². The fourth-order valence-corrected chi connectivity index (χ4v) is 4.20. The van der Waals surface area contributed by atoms with Crippen LogP contribution in [-0.4, -0.2) is 62.9 Å². The van der Waals surface area contributed by atoms with Crippen LogP contribution >= 0.6 is 0 Å². The molecule has 0 aliphatic carbocycles. The van der Waals surface area contributed by atoms with Gasteiger partial charge in [0.1, 0.15) is 11.8 Å². The van der Waals surface area contributed by atoms with Crippen molar-refractivity contribution in [1.82, 2.24) is 20.3 Å². The number of nitrogens with zero attached hydrogens (tertiary/aromatic N) is 3. The number of rotatable bonds is 3. The molecule has 4 rings (SSSR count). The van der Waals surface area contributed by atoms with E-state index in [1.165, 1.54) is 12.1 Å². The number of carbonyl (C=O) groups is 1. The lowest BCUT2D eigenvalue weighted by atomic mass is 9.74. The summed E-state index contributed by atoms with van der Waals surface area (Å²) in [5, 5.41) is 13.5. The van der Waals surface area contributed by atoms with Crippen molar-refractivity contribution in [2.75, 3.05) is 24.6 Å². The molecular formula is C20H25N5O4. The number of H-pyrrole nitrogens is 1. The standard InChI is InChI=1S/C20H25N5O4/c1-19(24-17(28)14-4-2-5-16(27)23-14)13-20(29-12-15(19)26)6-10-25(11-7-20)18-21-8-3-9-22-18/h2-5,8-9,15,26H,6-7,10-13H2,1H3,(H,23,27)(H,24,28)/t15-,19-/m0/s1. The molecule has 1 amide bonds. The molecule has 2 atom stereocenters.